The number of ketones is 1. The van der Waals surface area contributed by atoms with Gasteiger partial charge in [0.2, 0.25) is 0 Å². The van der Waals surface area contributed by atoms with E-state index in [0.717, 1.165) is 0 Å². The van der Waals surface area contributed by atoms with Crippen molar-refractivity contribution in [3.05, 3.63) is 0 Å². The molecule has 1 unspecified atom stereocenters. The molecule has 0 rings (SSSR count). The highest BCUT2D eigenvalue weighted by molar-refractivity contribution is 6.92. The van der Waals surface area contributed by atoms with Gasteiger partial charge in [-0.1, -0.05) is 0 Å². The minimum atomic E-state index is -1.71. The standard InChI is InChI=1S/C4H4O5.H3P/c5-2(4(8)9)1-3(6)7;/h1H2,(H,6,7)(H,8,9);1H3. The van der Waals surface area contributed by atoms with E-state index in [0.29, 0.717) is 0 Å². The van der Waals surface area contributed by atoms with Crippen LogP contribution in [0.4, 0.5) is 0 Å². The molecule has 0 aromatic rings. The lowest BCUT2D eigenvalue weighted by atomic mass is 10.3. The molecule has 0 aliphatic heterocycles. The van der Waals surface area contributed by atoms with Crippen LogP contribution in [0.25, 0.3) is 0 Å². The summed E-state index contributed by atoms with van der Waals surface area (Å²) in [5.41, 5.74) is 0. The Hall–Kier alpha value is -0.960. The zero-order chi connectivity index (χ0) is 7.44. The predicted octanol–water partition coefficient (Wildman–Crippen LogP) is -0.827. The van der Waals surface area contributed by atoms with E-state index in [-0.39, 0.29) is 9.90 Å². The van der Waals surface area contributed by atoms with Crippen molar-refractivity contribution >= 4 is 27.6 Å². The first kappa shape index (κ1) is 11.8. The van der Waals surface area contributed by atoms with Gasteiger partial charge in [0.25, 0.3) is 5.78 Å². The van der Waals surface area contributed by atoms with E-state index in [1.54, 1.807) is 0 Å². The average Bonchev–Trinajstić information content (AvgIpc) is 1.63. The first-order valence-corrected chi connectivity index (χ1v) is 2.02. The van der Waals surface area contributed by atoms with Crippen LogP contribution < -0.4 is 0 Å². The Labute approximate surface area is 59.7 Å². The minimum absolute atomic E-state index is 0. The summed E-state index contributed by atoms with van der Waals surface area (Å²) in [6.45, 7) is 0. The first-order chi connectivity index (χ1) is 4.04. The fraction of sp³-hybridized carbons (Fsp3) is 0.250. The third-order valence-electron chi connectivity index (χ3n) is 0.550. The van der Waals surface area contributed by atoms with Crippen LogP contribution in [0.2, 0.25) is 0 Å². The molecule has 0 aromatic heterocycles. The molecule has 10 heavy (non-hydrogen) atoms. The molecule has 58 valence electrons. The van der Waals surface area contributed by atoms with Crippen LogP contribution in [-0.4, -0.2) is 27.9 Å². The Balaban J connectivity index is 0. The Bertz CT molecular complexity index is 163. The number of carbonyl (C=O) groups excluding carboxylic acids is 1. The highest BCUT2D eigenvalue weighted by Gasteiger charge is 2.14. The maximum absolute atomic E-state index is 9.97. The number of hydrogen-bond donors (Lipinski definition) is 2. The number of Topliss-reactive ketones (excluding diaryl/α,β-unsaturated/α-hetero) is 1. The Morgan fingerprint density at radius 2 is 1.50 bits per heavy atom. The highest BCUT2D eigenvalue weighted by Crippen LogP contribution is 1.81. The van der Waals surface area contributed by atoms with Gasteiger partial charge in [0.05, 0.1) is 0 Å². The van der Waals surface area contributed by atoms with Crippen molar-refractivity contribution in [1.29, 1.82) is 0 Å². The van der Waals surface area contributed by atoms with E-state index in [9.17, 15) is 14.4 Å². The van der Waals surface area contributed by atoms with Crippen LogP contribution in [0.15, 0.2) is 0 Å². The number of hydrogen-bond acceptors (Lipinski definition) is 3. The predicted molar refractivity (Wildman–Crippen MR) is 36.0 cm³/mol. The zero-order valence-corrected chi connectivity index (χ0v) is 6.45. The summed E-state index contributed by atoms with van der Waals surface area (Å²) in [4.78, 5) is 29.2. The molecule has 0 radical (unpaired) electrons. The summed E-state index contributed by atoms with van der Waals surface area (Å²) in [6.07, 6.45) is -0.949. The Morgan fingerprint density at radius 1 is 1.10 bits per heavy atom. The summed E-state index contributed by atoms with van der Waals surface area (Å²) in [6, 6.07) is 0. The maximum Gasteiger partial charge on any atom is 0.372 e. The fourth-order valence-electron chi connectivity index (χ4n) is 0.213. The number of carbonyl (C=O) groups is 3. The van der Waals surface area contributed by atoms with Gasteiger partial charge in [-0.2, -0.15) is 9.90 Å². The third kappa shape index (κ3) is 5.18. The van der Waals surface area contributed by atoms with Crippen molar-refractivity contribution in [3.8, 4) is 0 Å². The largest absolute Gasteiger partial charge is 0.481 e. The van der Waals surface area contributed by atoms with Crippen LogP contribution in [0.1, 0.15) is 6.42 Å². The van der Waals surface area contributed by atoms with Crippen LogP contribution in [-0.2, 0) is 14.4 Å². The van der Waals surface area contributed by atoms with Crippen molar-refractivity contribution in [2.24, 2.45) is 0 Å². The van der Waals surface area contributed by atoms with Crippen LogP contribution >= 0.6 is 9.90 Å². The quantitative estimate of drug-likeness (QED) is 0.324. The summed E-state index contributed by atoms with van der Waals surface area (Å²) in [5.74, 6) is -4.44. The molecule has 2 N–H and O–H groups in total. The smallest absolute Gasteiger partial charge is 0.372 e. The molecular weight excluding hydrogens is 159 g/mol. The molecule has 5 nitrogen and oxygen atoms in total. The lowest BCUT2D eigenvalue weighted by molar-refractivity contribution is -0.152. The van der Waals surface area contributed by atoms with Gasteiger partial charge in [0.15, 0.2) is 0 Å². The van der Waals surface area contributed by atoms with Crippen molar-refractivity contribution in [2.75, 3.05) is 0 Å². The molecule has 0 bridgehead atoms. The second-order valence-electron chi connectivity index (χ2n) is 1.30. The molecule has 0 amide bonds. The lowest BCUT2D eigenvalue weighted by Gasteiger charge is -1.85. The summed E-state index contributed by atoms with van der Waals surface area (Å²) >= 11 is 0. The monoisotopic (exact) mass is 166 g/mol. The van der Waals surface area contributed by atoms with Gasteiger partial charge < -0.3 is 10.2 Å². The first-order valence-electron chi connectivity index (χ1n) is 2.02. The maximum atomic E-state index is 9.97. The average molecular weight is 166 g/mol. The Morgan fingerprint density at radius 3 is 1.60 bits per heavy atom. The molecular formula is C4H7O5P. The lowest BCUT2D eigenvalue weighted by Crippen LogP contribution is -2.16. The molecule has 0 aliphatic carbocycles. The van der Waals surface area contributed by atoms with E-state index in [4.69, 9.17) is 10.2 Å². The second kappa shape index (κ2) is 4.88. The van der Waals surface area contributed by atoms with Gasteiger partial charge >= 0.3 is 11.9 Å². The minimum Gasteiger partial charge on any atom is -0.481 e. The van der Waals surface area contributed by atoms with Gasteiger partial charge in [-0.3, -0.25) is 9.59 Å². The van der Waals surface area contributed by atoms with Gasteiger partial charge in [-0.05, 0) is 0 Å². The van der Waals surface area contributed by atoms with E-state index >= 15 is 0 Å². The number of carboxylic acid groups (broad SMARTS) is 2. The van der Waals surface area contributed by atoms with Crippen molar-refractivity contribution in [3.63, 3.8) is 0 Å². The van der Waals surface area contributed by atoms with Gasteiger partial charge in [0, 0.05) is 0 Å². The fourth-order valence-corrected chi connectivity index (χ4v) is 0.213. The van der Waals surface area contributed by atoms with Crippen LogP contribution in [0.3, 0.4) is 0 Å². The molecule has 0 saturated heterocycles. The van der Waals surface area contributed by atoms with Crippen molar-refractivity contribution < 1.29 is 24.6 Å². The molecule has 6 heteroatoms. The van der Waals surface area contributed by atoms with E-state index in [1.165, 1.54) is 0 Å². The normalized spacial score (nSPS) is 7.60. The zero-order valence-electron chi connectivity index (χ0n) is 5.03. The number of carboxylic acids is 2. The van der Waals surface area contributed by atoms with E-state index in [2.05, 4.69) is 0 Å². The van der Waals surface area contributed by atoms with E-state index in [1.807, 2.05) is 0 Å². The topological polar surface area (TPSA) is 91.7 Å². The van der Waals surface area contributed by atoms with Crippen molar-refractivity contribution in [2.45, 2.75) is 6.42 Å². The van der Waals surface area contributed by atoms with Gasteiger partial charge in [0.1, 0.15) is 6.42 Å². The number of aliphatic carboxylic acids is 2. The molecule has 0 spiro atoms. The van der Waals surface area contributed by atoms with Gasteiger partial charge in [-0.25, -0.2) is 4.79 Å². The summed E-state index contributed by atoms with van der Waals surface area (Å²) in [5, 5.41) is 15.7. The second-order valence-corrected chi connectivity index (χ2v) is 1.30. The molecule has 0 aromatic carbocycles. The van der Waals surface area contributed by atoms with Crippen LogP contribution in [0, 0.1) is 0 Å². The molecule has 0 saturated carbocycles. The van der Waals surface area contributed by atoms with E-state index < -0.39 is 24.1 Å². The van der Waals surface area contributed by atoms with Crippen molar-refractivity contribution in [1.82, 2.24) is 0 Å². The SMILES string of the molecule is O=C(O)CC(=O)C(=O)O.P. The molecule has 0 fully saturated rings. The third-order valence-corrected chi connectivity index (χ3v) is 0.550. The number of rotatable bonds is 3. The van der Waals surface area contributed by atoms with Crippen LogP contribution in [0.5, 0.6) is 0 Å². The highest BCUT2D eigenvalue weighted by atomic mass is 31.0. The molecule has 0 heterocycles. The Kier molecular flexibility index (Phi) is 5.75. The van der Waals surface area contributed by atoms with Gasteiger partial charge in [-0.15, -0.1) is 0 Å². The summed E-state index contributed by atoms with van der Waals surface area (Å²) < 4.78 is 0. The summed E-state index contributed by atoms with van der Waals surface area (Å²) in [7, 11) is 0. The molecule has 1 atom stereocenters. The molecule has 0 aliphatic rings.